The number of benzene rings is 1. The fraction of sp³-hybridized carbons (Fsp3) is 0.500. The summed E-state index contributed by atoms with van der Waals surface area (Å²) in [6, 6.07) is 10.4. The molecule has 0 atom stereocenters. The van der Waals surface area contributed by atoms with Crippen molar-refractivity contribution in [2.75, 3.05) is 32.7 Å². The van der Waals surface area contributed by atoms with E-state index in [1.54, 1.807) is 0 Å². The molecule has 29 heavy (non-hydrogen) atoms. The van der Waals surface area contributed by atoms with Gasteiger partial charge >= 0.3 is 0 Å². The highest BCUT2D eigenvalue weighted by molar-refractivity contribution is 5.80. The summed E-state index contributed by atoms with van der Waals surface area (Å²) in [7, 11) is 0. The minimum atomic E-state index is 0.150. The van der Waals surface area contributed by atoms with Gasteiger partial charge in [-0.05, 0) is 26.3 Å². The number of carbonyl (C=O) groups excluding carboxylic acids is 1. The summed E-state index contributed by atoms with van der Waals surface area (Å²) < 4.78 is 2.17. The minimum Gasteiger partial charge on any atom is -0.357 e. The van der Waals surface area contributed by atoms with Gasteiger partial charge in [-0.15, -0.1) is 0 Å². The molecule has 0 saturated carbocycles. The molecule has 0 radical (unpaired) electrons. The van der Waals surface area contributed by atoms with Crippen LogP contribution in [0, 0.1) is 0 Å². The maximum atomic E-state index is 12.1. The molecule has 158 valence electrons. The molecule has 0 saturated heterocycles. The highest BCUT2D eigenvalue weighted by atomic mass is 16.2. The van der Waals surface area contributed by atoms with Crippen molar-refractivity contribution < 1.29 is 4.79 Å². The Bertz CT molecular complexity index is 752. The van der Waals surface area contributed by atoms with Gasteiger partial charge in [0.2, 0.25) is 5.91 Å². The van der Waals surface area contributed by atoms with Crippen molar-refractivity contribution in [1.82, 2.24) is 25.1 Å². The standard InChI is InChI=1S/C22H34N6O/c1-4-23-22(26-15-13-21(29)27(5-2)6-3)25-14-12-20-24-16-17-28(20)18-19-10-8-7-9-11-19/h7-11,16-17H,4-6,12-15,18H2,1-3H3,(H2,23,25,26). The summed E-state index contributed by atoms with van der Waals surface area (Å²) in [5.41, 5.74) is 1.26. The lowest BCUT2D eigenvalue weighted by Crippen LogP contribution is -2.39. The Kier molecular flexibility index (Phi) is 9.75. The van der Waals surface area contributed by atoms with Crippen LogP contribution in [0.25, 0.3) is 0 Å². The number of aromatic nitrogens is 2. The van der Waals surface area contributed by atoms with E-state index in [0.717, 1.165) is 50.9 Å². The summed E-state index contributed by atoms with van der Waals surface area (Å²) in [6.07, 6.45) is 5.08. The van der Waals surface area contributed by atoms with Crippen molar-refractivity contribution in [2.45, 2.75) is 40.2 Å². The van der Waals surface area contributed by atoms with Crippen molar-refractivity contribution in [1.29, 1.82) is 0 Å². The molecule has 0 fully saturated rings. The van der Waals surface area contributed by atoms with Gasteiger partial charge in [0.15, 0.2) is 5.96 Å². The van der Waals surface area contributed by atoms with Gasteiger partial charge in [-0.1, -0.05) is 30.3 Å². The van der Waals surface area contributed by atoms with Crippen LogP contribution in [0.2, 0.25) is 0 Å². The molecule has 0 aliphatic heterocycles. The molecule has 7 heteroatoms. The van der Waals surface area contributed by atoms with Crippen LogP contribution < -0.4 is 10.6 Å². The third-order valence-corrected chi connectivity index (χ3v) is 4.69. The fourth-order valence-corrected chi connectivity index (χ4v) is 3.12. The van der Waals surface area contributed by atoms with Crippen molar-refractivity contribution in [3.63, 3.8) is 0 Å². The van der Waals surface area contributed by atoms with Crippen LogP contribution in [0.1, 0.15) is 38.6 Å². The summed E-state index contributed by atoms with van der Waals surface area (Å²) in [4.78, 5) is 23.0. The average Bonchev–Trinajstić information content (AvgIpc) is 3.16. The van der Waals surface area contributed by atoms with E-state index in [9.17, 15) is 4.79 Å². The zero-order valence-electron chi connectivity index (χ0n) is 17.9. The number of guanidine groups is 1. The first-order valence-corrected chi connectivity index (χ1v) is 10.5. The van der Waals surface area contributed by atoms with Crippen LogP contribution in [0.15, 0.2) is 47.7 Å². The second-order valence-electron chi connectivity index (χ2n) is 6.71. The molecule has 2 rings (SSSR count). The maximum absolute atomic E-state index is 12.1. The SMILES string of the molecule is CCNC(=NCCC(=O)N(CC)CC)NCCc1nccn1Cc1ccccc1. The Morgan fingerprint density at radius 1 is 1.14 bits per heavy atom. The predicted octanol–water partition coefficient (Wildman–Crippen LogP) is 2.29. The number of aliphatic imine (C=N–C) groups is 1. The predicted molar refractivity (Wildman–Crippen MR) is 118 cm³/mol. The van der Waals surface area contributed by atoms with Gasteiger partial charge in [0.25, 0.3) is 0 Å². The summed E-state index contributed by atoms with van der Waals surface area (Å²) in [5.74, 6) is 1.92. The molecule has 1 aromatic carbocycles. The molecule has 0 aliphatic rings. The van der Waals surface area contributed by atoms with Crippen molar-refractivity contribution in [3.05, 3.63) is 54.1 Å². The molecule has 0 unspecified atom stereocenters. The van der Waals surface area contributed by atoms with E-state index in [1.807, 2.05) is 44.1 Å². The number of rotatable bonds is 11. The number of hydrogen-bond donors (Lipinski definition) is 2. The van der Waals surface area contributed by atoms with E-state index in [1.165, 1.54) is 5.56 Å². The Balaban J connectivity index is 1.83. The van der Waals surface area contributed by atoms with Gasteiger partial charge in [0.05, 0.1) is 6.54 Å². The van der Waals surface area contributed by atoms with Gasteiger partial charge < -0.3 is 20.1 Å². The molecule has 0 spiro atoms. The molecule has 0 bridgehead atoms. The Morgan fingerprint density at radius 2 is 1.90 bits per heavy atom. The zero-order chi connectivity index (χ0) is 20.9. The summed E-state index contributed by atoms with van der Waals surface area (Å²) in [6.45, 7) is 10.3. The van der Waals surface area contributed by atoms with E-state index < -0.39 is 0 Å². The second-order valence-corrected chi connectivity index (χ2v) is 6.71. The normalized spacial score (nSPS) is 11.3. The first kappa shape index (κ1) is 22.5. The molecule has 1 aromatic heterocycles. The summed E-state index contributed by atoms with van der Waals surface area (Å²) >= 11 is 0. The smallest absolute Gasteiger partial charge is 0.224 e. The van der Waals surface area contributed by atoms with Crippen LogP contribution >= 0.6 is 0 Å². The number of amides is 1. The van der Waals surface area contributed by atoms with Crippen LogP contribution in [-0.2, 0) is 17.8 Å². The van der Waals surface area contributed by atoms with Crippen LogP contribution in [0.4, 0.5) is 0 Å². The first-order chi connectivity index (χ1) is 14.2. The maximum Gasteiger partial charge on any atom is 0.224 e. The largest absolute Gasteiger partial charge is 0.357 e. The highest BCUT2D eigenvalue weighted by Gasteiger charge is 2.09. The van der Waals surface area contributed by atoms with Crippen molar-refractivity contribution in [2.24, 2.45) is 4.99 Å². The number of nitrogens with one attached hydrogen (secondary N) is 2. The lowest BCUT2D eigenvalue weighted by Gasteiger charge is -2.18. The first-order valence-electron chi connectivity index (χ1n) is 10.5. The number of carbonyl (C=O) groups is 1. The lowest BCUT2D eigenvalue weighted by atomic mass is 10.2. The molecule has 1 heterocycles. The minimum absolute atomic E-state index is 0.150. The fourth-order valence-electron chi connectivity index (χ4n) is 3.12. The average molecular weight is 399 g/mol. The topological polar surface area (TPSA) is 74.6 Å². The zero-order valence-corrected chi connectivity index (χ0v) is 17.9. The quantitative estimate of drug-likeness (QED) is 0.450. The van der Waals surface area contributed by atoms with E-state index in [4.69, 9.17) is 0 Å². The Labute approximate surface area is 174 Å². The Morgan fingerprint density at radius 3 is 2.59 bits per heavy atom. The highest BCUT2D eigenvalue weighted by Crippen LogP contribution is 2.05. The third kappa shape index (κ3) is 7.60. The second kappa shape index (κ2) is 12.6. The monoisotopic (exact) mass is 398 g/mol. The molecule has 1 amide bonds. The lowest BCUT2D eigenvalue weighted by molar-refractivity contribution is -0.130. The molecular formula is C22H34N6O. The van der Waals surface area contributed by atoms with Gasteiger partial charge in [-0.3, -0.25) is 9.79 Å². The van der Waals surface area contributed by atoms with Gasteiger partial charge in [-0.25, -0.2) is 4.98 Å². The third-order valence-electron chi connectivity index (χ3n) is 4.69. The van der Waals surface area contributed by atoms with Gasteiger partial charge in [-0.2, -0.15) is 0 Å². The van der Waals surface area contributed by atoms with Crippen molar-refractivity contribution in [3.8, 4) is 0 Å². The molecular weight excluding hydrogens is 364 g/mol. The number of hydrogen-bond acceptors (Lipinski definition) is 3. The molecule has 2 aromatic rings. The summed E-state index contributed by atoms with van der Waals surface area (Å²) in [5, 5.41) is 6.58. The van der Waals surface area contributed by atoms with E-state index >= 15 is 0 Å². The van der Waals surface area contributed by atoms with Gasteiger partial charge in [0, 0.05) is 58.0 Å². The van der Waals surface area contributed by atoms with Gasteiger partial charge in [0.1, 0.15) is 5.82 Å². The van der Waals surface area contributed by atoms with Crippen LogP contribution in [0.3, 0.4) is 0 Å². The van der Waals surface area contributed by atoms with E-state index in [2.05, 4.69) is 49.4 Å². The molecule has 7 nitrogen and oxygen atoms in total. The van der Waals surface area contributed by atoms with Crippen LogP contribution in [0.5, 0.6) is 0 Å². The molecule has 0 aliphatic carbocycles. The molecule has 2 N–H and O–H groups in total. The van der Waals surface area contributed by atoms with E-state index in [-0.39, 0.29) is 5.91 Å². The number of nitrogens with zero attached hydrogens (tertiary/aromatic N) is 4. The number of imidazole rings is 1. The van der Waals surface area contributed by atoms with Crippen molar-refractivity contribution >= 4 is 11.9 Å². The van der Waals surface area contributed by atoms with E-state index in [0.29, 0.717) is 13.0 Å². The Hall–Kier alpha value is -2.83. The van der Waals surface area contributed by atoms with Crippen LogP contribution in [-0.4, -0.2) is 59.0 Å².